The summed E-state index contributed by atoms with van der Waals surface area (Å²) in [7, 11) is -8.43. The highest BCUT2D eigenvalue weighted by molar-refractivity contribution is 7.90. The standard InChI is InChI=1S/C23H24FN5O6S3/c24-15-5-1-11(2-6-15)9-29-18-13-4-3-12(7-13)16(18)19(30)17(23(29)31)21-27-22-20(37(32,33)28-21)14(10-36-22)8-26-38(25,34)35/h1-2,5-6,10,12-13,16-18,26H,3-4,7-9H2,(H,27,28)(H2,25,34,35)/t12-,13+,16?,17?,18?/m0/s1. The van der Waals surface area contributed by atoms with Crippen molar-refractivity contribution in [3.63, 3.8) is 0 Å². The van der Waals surface area contributed by atoms with Crippen molar-refractivity contribution < 1.29 is 30.8 Å². The van der Waals surface area contributed by atoms with Gasteiger partial charge in [0.05, 0.1) is 0 Å². The number of piperidine rings is 1. The Morgan fingerprint density at radius 3 is 2.61 bits per heavy atom. The SMILES string of the molecule is NS(=O)(=O)NCc1csc2c1S(=O)(=O)N=C(C1C(=O)C3C([C@@H]4CC[C@H]3C4)N(Cc3ccc(F)cc3)C1=O)N2. The average molecular weight is 582 g/mol. The fourth-order valence-corrected chi connectivity index (χ4v) is 9.45. The van der Waals surface area contributed by atoms with Gasteiger partial charge in [-0.3, -0.25) is 9.59 Å². The van der Waals surface area contributed by atoms with Gasteiger partial charge in [-0.25, -0.2) is 9.53 Å². The molecule has 2 aliphatic heterocycles. The third-order valence-electron chi connectivity index (χ3n) is 7.91. The van der Waals surface area contributed by atoms with Crippen LogP contribution in [0.25, 0.3) is 0 Å². The predicted molar refractivity (Wildman–Crippen MR) is 136 cm³/mol. The molecule has 1 amide bonds. The Bertz CT molecular complexity index is 1590. The number of halogens is 1. The van der Waals surface area contributed by atoms with Crippen molar-refractivity contribution in [2.45, 2.75) is 43.3 Å². The minimum Gasteiger partial charge on any atom is -0.333 e. The van der Waals surface area contributed by atoms with Gasteiger partial charge in [0, 0.05) is 30.6 Å². The monoisotopic (exact) mass is 581 g/mol. The Labute approximate surface area is 222 Å². The zero-order valence-corrected chi connectivity index (χ0v) is 22.3. The molecular formula is C23H24FN5O6S3. The molecular weight excluding hydrogens is 557 g/mol. The van der Waals surface area contributed by atoms with Gasteiger partial charge < -0.3 is 10.2 Å². The first-order chi connectivity index (χ1) is 17.9. The number of Topliss-reactive ketones (excluding diaryl/α,β-unsaturated/α-hetero) is 1. The third kappa shape index (κ3) is 4.25. The number of carbonyl (C=O) groups is 2. The van der Waals surface area contributed by atoms with Crippen LogP contribution in [-0.4, -0.2) is 45.3 Å². The van der Waals surface area contributed by atoms with Gasteiger partial charge in [0.15, 0.2) is 11.7 Å². The number of ketones is 1. The lowest BCUT2D eigenvalue weighted by Gasteiger charge is -2.45. The molecule has 0 spiro atoms. The molecule has 5 atom stereocenters. The van der Waals surface area contributed by atoms with Gasteiger partial charge in [0.1, 0.15) is 21.5 Å². The molecule has 15 heteroatoms. The highest BCUT2D eigenvalue weighted by Crippen LogP contribution is 2.54. The second kappa shape index (κ2) is 8.91. The summed E-state index contributed by atoms with van der Waals surface area (Å²) in [5.41, 5.74) is 0.842. The Kier molecular flexibility index (Phi) is 5.99. The maximum absolute atomic E-state index is 13.9. The van der Waals surface area contributed by atoms with Crippen LogP contribution in [0.4, 0.5) is 9.39 Å². The summed E-state index contributed by atoms with van der Waals surface area (Å²) in [6, 6.07) is 5.51. The summed E-state index contributed by atoms with van der Waals surface area (Å²) in [6.07, 6.45) is 2.61. The maximum Gasteiger partial charge on any atom is 0.287 e. The zero-order valence-electron chi connectivity index (χ0n) is 19.8. The molecule has 38 heavy (non-hydrogen) atoms. The second-order valence-corrected chi connectivity index (χ2v) is 13.9. The molecule has 3 heterocycles. The predicted octanol–water partition coefficient (Wildman–Crippen LogP) is 1.34. The smallest absolute Gasteiger partial charge is 0.287 e. The second-order valence-electron chi connectivity index (χ2n) is 10.1. The zero-order chi connectivity index (χ0) is 27.0. The number of hydrogen-bond acceptors (Lipinski definition) is 8. The van der Waals surface area contributed by atoms with Crippen molar-refractivity contribution in [2.75, 3.05) is 5.32 Å². The largest absolute Gasteiger partial charge is 0.333 e. The van der Waals surface area contributed by atoms with Gasteiger partial charge in [-0.15, -0.1) is 15.7 Å². The highest BCUT2D eigenvalue weighted by Gasteiger charge is 2.60. The molecule has 4 aliphatic rings. The molecule has 2 saturated carbocycles. The van der Waals surface area contributed by atoms with Gasteiger partial charge in [0.2, 0.25) is 5.91 Å². The van der Waals surface area contributed by atoms with Crippen molar-refractivity contribution in [3.05, 3.63) is 46.6 Å². The summed E-state index contributed by atoms with van der Waals surface area (Å²) in [5, 5.41) is 9.43. The molecule has 1 saturated heterocycles. The van der Waals surface area contributed by atoms with Crippen LogP contribution < -0.4 is 15.2 Å². The van der Waals surface area contributed by atoms with Gasteiger partial charge >= 0.3 is 0 Å². The van der Waals surface area contributed by atoms with Crippen molar-refractivity contribution in [2.24, 2.45) is 33.2 Å². The van der Waals surface area contributed by atoms with Crippen LogP contribution in [0.2, 0.25) is 0 Å². The van der Waals surface area contributed by atoms with Crippen molar-refractivity contribution in [1.82, 2.24) is 9.62 Å². The van der Waals surface area contributed by atoms with E-state index in [1.807, 2.05) is 0 Å². The van der Waals surface area contributed by atoms with E-state index in [2.05, 4.69) is 14.4 Å². The van der Waals surface area contributed by atoms with Crippen LogP contribution in [0.3, 0.4) is 0 Å². The number of rotatable bonds is 6. The van der Waals surface area contributed by atoms with Crippen LogP contribution in [0.5, 0.6) is 0 Å². The fourth-order valence-electron chi connectivity index (χ4n) is 6.45. The lowest BCUT2D eigenvalue weighted by molar-refractivity contribution is -0.153. The number of anilines is 1. The quantitative estimate of drug-likeness (QED) is 0.433. The summed E-state index contributed by atoms with van der Waals surface area (Å²) in [5.74, 6) is -3.09. The lowest BCUT2D eigenvalue weighted by Crippen LogP contribution is -2.61. The van der Waals surface area contributed by atoms with E-state index in [1.54, 1.807) is 17.0 Å². The highest BCUT2D eigenvalue weighted by atomic mass is 32.2. The summed E-state index contributed by atoms with van der Waals surface area (Å²) < 4.78 is 68.4. The number of hydrogen-bond donors (Lipinski definition) is 3. The number of nitrogens with zero attached hydrogens (tertiary/aromatic N) is 2. The van der Waals surface area contributed by atoms with E-state index >= 15 is 0 Å². The fraction of sp³-hybridized carbons (Fsp3) is 0.435. The van der Waals surface area contributed by atoms with Gasteiger partial charge in [-0.1, -0.05) is 12.1 Å². The number of amides is 1. The molecule has 1 aromatic heterocycles. The number of likely N-dealkylation sites (tertiary alicyclic amines) is 1. The average Bonchev–Trinajstić information content (AvgIpc) is 3.56. The molecule has 202 valence electrons. The first-order valence-electron chi connectivity index (χ1n) is 12.0. The molecule has 3 unspecified atom stereocenters. The third-order valence-corrected chi connectivity index (χ3v) is 11.0. The first-order valence-corrected chi connectivity index (χ1v) is 15.9. The molecule has 2 bridgehead atoms. The summed E-state index contributed by atoms with van der Waals surface area (Å²) in [6.45, 7) is -0.197. The maximum atomic E-state index is 13.9. The van der Waals surface area contributed by atoms with Crippen LogP contribution in [0, 0.1) is 29.5 Å². The topological polar surface area (TPSA) is 168 Å². The van der Waals surface area contributed by atoms with E-state index < -0.39 is 43.8 Å². The first kappa shape index (κ1) is 25.6. The van der Waals surface area contributed by atoms with Crippen molar-refractivity contribution in [3.8, 4) is 0 Å². The summed E-state index contributed by atoms with van der Waals surface area (Å²) >= 11 is 0.993. The number of sulfonamides is 1. The Morgan fingerprint density at radius 2 is 1.89 bits per heavy atom. The van der Waals surface area contributed by atoms with Crippen LogP contribution >= 0.6 is 11.3 Å². The molecule has 6 rings (SSSR count). The Balaban J connectivity index is 1.35. The molecule has 11 nitrogen and oxygen atoms in total. The lowest BCUT2D eigenvalue weighted by atomic mass is 9.73. The Hall–Kier alpha value is -2.72. The van der Waals surface area contributed by atoms with Crippen LogP contribution in [0.15, 0.2) is 38.9 Å². The molecule has 2 aliphatic carbocycles. The van der Waals surface area contributed by atoms with Crippen LogP contribution in [0.1, 0.15) is 30.4 Å². The van der Waals surface area contributed by atoms with Gasteiger partial charge in [0.25, 0.3) is 20.2 Å². The summed E-state index contributed by atoms with van der Waals surface area (Å²) in [4.78, 5) is 29.1. The van der Waals surface area contributed by atoms with E-state index in [0.29, 0.717) is 5.56 Å². The Morgan fingerprint density at radius 1 is 1.18 bits per heavy atom. The minimum atomic E-state index is -4.36. The molecule has 0 radical (unpaired) electrons. The van der Waals surface area contributed by atoms with E-state index in [0.717, 1.165) is 30.6 Å². The number of nitrogens with two attached hydrogens (primary N) is 1. The van der Waals surface area contributed by atoms with E-state index in [9.17, 15) is 30.8 Å². The van der Waals surface area contributed by atoms with Crippen LogP contribution in [-0.2, 0) is 42.9 Å². The molecule has 2 aromatic rings. The van der Waals surface area contributed by atoms with E-state index in [4.69, 9.17) is 5.14 Å². The normalized spacial score (nSPS) is 29.6. The number of thiophene rings is 1. The van der Waals surface area contributed by atoms with Gasteiger partial charge in [-0.2, -0.15) is 21.6 Å². The van der Waals surface area contributed by atoms with E-state index in [-0.39, 0.29) is 58.0 Å². The van der Waals surface area contributed by atoms with Crippen molar-refractivity contribution >= 4 is 54.1 Å². The molecule has 1 aromatic carbocycles. The van der Waals surface area contributed by atoms with Gasteiger partial charge in [-0.05, 0) is 54.2 Å². The number of amidine groups is 1. The molecule has 4 N–H and O–H groups in total. The minimum absolute atomic E-state index is 0.109. The number of benzene rings is 1. The number of fused-ring (bicyclic) bond motifs is 6. The molecule has 3 fully saturated rings. The number of nitrogens with one attached hydrogen (secondary N) is 2. The number of carbonyl (C=O) groups excluding carboxylic acids is 2. The van der Waals surface area contributed by atoms with Crippen molar-refractivity contribution in [1.29, 1.82) is 0 Å². The van der Waals surface area contributed by atoms with E-state index in [1.165, 1.54) is 17.5 Å².